The molecule has 2 amide bonds. The highest BCUT2D eigenvalue weighted by Crippen LogP contribution is 2.33. The summed E-state index contributed by atoms with van der Waals surface area (Å²) in [6, 6.07) is 11.2. The Morgan fingerprint density at radius 1 is 1.12 bits per heavy atom. The van der Waals surface area contributed by atoms with E-state index in [4.69, 9.17) is 18.9 Å². The van der Waals surface area contributed by atoms with Gasteiger partial charge in [0.15, 0.2) is 11.5 Å². The third-order valence-electron chi connectivity index (χ3n) is 8.34. The van der Waals surface area contributed by atoms with Crippen LogP contribution in [0.2, 0.25) is 0 Å². The number of rotatable bonds is 10. The van der Waals surface area contributed by atoms with Crippen molar-refractivity contribution in [1.82, 2.24) is 14.7 Å². The van der Waals surface area contributed by atoms with E-state index in [9.17, 15) is 14.7 Å². The number of aliphatic hydroxyl groups is 1. The number of benzene rings is 2. The van der Waals surface area contributed by atoms with Crippen LogP contribution in [0.4, 0.5) is 5.69 Å². The Kier molecular flexibility index (Phi) is 10.4. The van der Waals surface area contributed by atoms with Gasteiger partial charge >= 0.3 is 0 Å². The fourth-order valence-electron chi connectivity index (χ4n) is 5.76. The average molecular weight is 597 g/mol. The van der Waals surface area contributed by atoms with Crippen molar-refractivity contribution in [1.29, 1.82) is 0 Å². The number of hydrogen-bond donors (Lipinski definition) is 2. The molecule has 3 heterocycles. The van der Waals surface area contributed by atoms with Crippen molar-refractivity contribution < 1.29 is 33.6 Å². The minimum Gasteiger partial charge on any atom is -0.488 e. The summed E-state index contributed by atoms with van der Waals surface area (Å²) in [4.78, 5) is 32.4. The number of nitrogens with one attached hydrogen (secondary N) is 1. The third kappa shape index (κ3) is 8.17. The van der Waals surface area contributed by atoms with Crippen molar-refractivity contribution >= 4 is 17.5 Å². The van der Waals surface area contributed by atoms with Crippen LogP contribution in [0.1, 0.15) is 31.4 Å². The van der Waals surface area contributed by atoms with Crippen LogP contribution >= 0.6 is 0 Å². The topological polar surface area (TPSA) is 113 Å². The number of carbonyl (C=O) groups is 2. The molecule has 0 saturated carbocycles. The molecule has 0 radical (unpaired) electrons. The number of fused-ring (bicyclic) bond motifs is 2. The second kappa shape index (κ2) is 14.4. The van der Waals surface area contributed by atoms with E-state index >= 15 is 0 Å². The van der Waals surface area contributed by atoms with Gasteiger partial charge in [-0.3, -0.25) is 19.4 Å². The molecule has 0 aromatic heterocycles. The minimum absolute atomic E-state index is 0.0114. The lowest BCUT2D eigenvalue weighted by molar-refractivity contribution is -0.134. The summed E-state index contributed by atoms with van der Waals surface area (Å²) >= 11 is 0. The fraction of sp³-hybridized carbons (Fsp3) is 0.562. The highest BCUT2D eigenvalue weighted by molar-refractivity contribution is 5.91. The van der Waals surface area contributed by atoms with Crippen LogP contribution in [0, 0.1) is 5.92 Å². The van der Waals surface area contributed by atoms with E-state index in [1.807, 2.05) is 50.4 Å². The molecule has 3 aliphatic rings. The van der Waals surface area contributed by atoms with Crippen molar-refractivity contribution in [3.8, 4) is 17.2 Å². The summed E-state index contributed by atoms with van der Waals surface area (Å²) in [6.45, 7) is 9.54. The first-order valence-electron chi connectivity index (χ1n) is 15.2. The number of ether oxygens (including phenoxy) is 4. The van der Waals surface area contributed by atoms with E-state index in [2.05, 4.69) is 22.0 Å². The first-order valence-corrected chi connectivity index (χ1v) is 15.2. The van der Waals surface area contributed by atoms with Crippen molar-refractivity contribution in [2.24, 2.45) is 5.92 Å². The summed E-state index contributed by atoms with van der Waals surface area (Å²) in [5.41, 5.74) is 2.44. The monoisotopic (exact) mass is 596 g/mol. The molecule has 0 aliphatic carbocycles. The fourth-order valence-corrected chi connectivity index (χ4v) is 5.76. The largest absolute Gasteiger partial charge is 0.488 e. The highest BCUT2D eigenvalue weighted by atomic mass is 16.7. The van der Waals surface area contributed by atoms with Gasteiger partial charge < -0.3 is 34.3 Å². The van der Waals surface area contributed by atoms with Gasteiger partial charge in [-0.2, -0.15) is 0 Å². The van der Waals surface area contributed by atoms with Crippen molar-refractivity contribution in [3.05, 3.63) is 47.5 Å². The maximum atomic E-state index is 13.5. The number of anilines is 1. The van der Waals surface area contributed by atoms with Gasteiger partial charge in [0.2, 0.25) is 18.6 Å². The standard InChI is InChI=1S/C32H44N4O7/c1-22-17-36(23(2)20-37)32(39)16-25-15-26(33-31(38)8-9-35-10-12-40-13-11-35)5-7-27(25)43-30(22)19-34(3)18-24-4-6-28-29(14-24)42-21-41-28/h4-7,14-15,22-23,30,37H,8-13,16-21H2,1-3H3,(H,33,38)/t22-,23-,30-/m0/s1. The lowest BCUT2D eigenvalue weighted by atomic mass is 10.0. The van der Waals surface area contributed by atoms with E-state index in [0.717, 1.165) is 30.2 Å². The molecule has 2 N–H and O–H groups in total. The molecule has 2 aromatic rings. The van der Waals surface area contributed by atoms with E-state index in [0.29, 0.717) is 62.8 Å². The maximum Gasteiger partial charge on any atom is 0.231 e. The number of morpholine rings is 1. The maximum absolute atomic E-state index is 13.5. The molecule has 0 spiro atoms. The molecule has 0 unspecified atom stereocenters. The van der Waals surface area contributed by atoms with Gasteiger partial charge in [-0.05, 0) is 49.9 Å². The average Bonchev–Trinajstić information content (AvgIpc) is 3.48. The molecule has 3 aliphatic heterocycles. The van der Waals surface area contributed by atoms with Gasteiger partial charge in [-0.15, -0.1) is 0 Å². The number of amides is 2. The van der Waals surface area contributed by atoms with Gasteiger partial charge in [-0.25, -0.2) is 0 Å². The quantitative estimate of drug-likeness (QED) is 0.427. The predicted molar refractivity (Wildman–Crippen MR) is 161 cm³/mol. The van der Waals surface area contributed by atoms with Gasteiger partial charge in [0.1, 0.15) is 11.9 Å². The number of likely N-dealkylation sites (N-methyl/N-ethyl adjacent to an activating group) is 1. The second-order valence-electron chi connectivity index (χ2n) is 11.8. The summed E-state index contributed by atoms with van der Waals surface area (Å²) < 4.78 is 23.0. The Morgan fingerprint density at radius 3 is 2.67 bits per heavy atom. The van der Waals surface area contributed by atoms with Crippen LogP contribution in [0.15, 0.2) is 36.4 Å². The highest BCUT2D eigenvalue weighted by Gasteiger charge is 2.31. The lowest BCUT2D eigenvalue weighted by Crippen LogP contribution is -2.47. The molecule has 1 saturated heterocycles. The van der Waals surface area contributed by atoms with E-state index < -0.39 is 0 Å². The summed E-state index contributed by atoms with van der Waals surface area (Å²) in [5.74, 6) is 1.97. The third-order valence-corrected chi connectivity index (χ3v) is 8.34. The second-order valence-corrected chi connectivity index (χ2v) is 11.8. The molecule has 0 bridgehead atoms. The van der Waals surface area contributed by atoms with Crippen LogP contribution in [-0.2, 0) is 27.3 Å². The number of aliphatic hydroxyl groups excluding tert-OH is 1. The molecule has 43 heavy (non-hydrogen) atoms. The molecular weight excluding hydrogens is 552 g/mol. The summed E-state index contributed by atoms with van der Waals surface area (Å²) in [7, 11) is 2.04. The van der Waals surface area contributed by atoms with Crippen molar-refractivity contribution in [2.45, 2.75) is 45.4 Å². The van der Waals surface area contributed by atoms with Crippen LogP contribution < -0.4 is 19.5 Å². The Bertz CT molecular complexity index is 1270. The van der Waals surface area contributed by atoms with Crippen molar-refractivity contribution in [2.75, 3.05) is 71.7 Å². The molecule has 5 rings (SSSR count). The van der Waals surface area contributed by atoms with Crippen LogP contribution in [0.25, 0.3) is 0 Å². The molecule has 11 nitrogen and oxygen atoms in total. The Labute approximate surface area is 253 Å². The normalized spacial score (nSPS) is 21.4. The summed E-state index contributed by atoms with van der Waals surface area (Å²) in [5, 5.41) is 12.9. The van der Waals surface area contributed by atoms with Crippen molar-refractivity contribution in [3.63, 3.8) is 0 Å². The molecule has 2 aromatic carbocycles. The predicted octanol–water partition coefficient (Wildman–Crippen LogP) is 2.36. The Morgan fingerprint density at radius 2 is 1.88 bits per heavy atom. The van der Waals surface area contributed by atoms with E-state index in [1.54, 1.807) is 4.90 Å². The number of nitrogens with zero attached hydrogens (tertiary/aromatic N) is 3. The zero-order valence-electron chi connectivity index (χ0n) is 25.4. The van der Waals surface area contributed by atoms with Crippen LogP contribution in [-0.4, -0.2) is 110 Å². The lowest BCUT2D eigenvalue weighted by Gasteiger charge is -2.34. The van der Waals surface area contributed by atoms with Crippen LogP contribution in [0.3, 0.4) is 0 Å². The molecular formula is C32H44N4O7. The van der Waals surface area contributed by atoms with Gasteiger partial charge in [0.05, 0.1) is 32.3 Å². The molecule has 234 valence electrons. The van der Waals surface area contributed by atoms with E-state index in [-0.39, 0.29) is 49.7 Å². The minimum atomic E-state index is -0.327. The van der Waals surface area contributed by atoms with Crippen LogP contribution in [0.5, 0.6) is 17.2 Å². The SMILES string of the molecule is C[C@H]1CN([C@@H](C)CO)C(=O)Cc2cc(NC(=O)CCN3CCOCC3)ccc2O[C@H]1CN(C)Cc1ccc2c(c1)OCO2. The molecule has 3 atom stereocenters. The molecule has 1 fully saturated rings. The molecule has 11 heteroatoms. The van der Waals surface area contributed by atoms with Gasteiger partial charge in [0, 0.05) is 62.9 Å². The van der Waals surface area contributed by atoms with E-state index in [1.165, 1.54) is 0 Å². The first-order chi connectivity index (χ1) is 20.8. The Balaban J connectivity index is 1.30. The zero-order chi connectivity index (χ0) is 30.3. The zero-order valence-corrected chi connectivity index (χ0v) is 25.4. The van der Waals surface area contributed by atoms with Gasteiger partial charge in [0.25, 0.3) is 0 Å². The number of carbonyl (C=O) groups excluding carboxylic acids is 2. The smallest absolute Gasteiger partial charge is 0.231 e. The van der Waals surface area contributed by atoms with Gasteiger partial charge in [-0.1, -0.05) is 13.0 Å². The Hall–Kier alpha value is -3.38. The number of hydrogen-bond acceptors (Lipinski definition) is 9. The summed E-state index contributed by atoms with van der Waals surface area (Å²) in [6.07, 6.45) is 0.263. The first kappa shape index (κ1) is 31.1.